The monoisotopic (exact) mass is 419 g/mol. The number of aryl methyl sites for hydroxylation is 1. The Hall–Kier alpha value is -3.25. The summed E-state index contributed by atoms with van der Waals surface area (Å²) in [5.74, 6) is 1.22. The molecule has 1 aromatic heterocycles. The summed E-state index contributed by atoms with van der Waals surface area (Å²) >= 11 is 1.70. The van der Waals surface area contributed by atoms with Crippen molar-refractivity contribution in [3.05, 3.63) is 77.7 Å². The molecule has 152 valence electrons. The fourth-order valence-electron chi connectivity index (χ4n) is 3.23. The highest BCUT2D eigenvalue weighted by atomic mass is 32.2. The Bertz CT molecular complexity index is 1200. The molecule has 3 aromatic carbocycles. The minimum absolute atomic E-state index is 0.275. The van der Waals surface area contributed by atoms with E-state index in [1.807, 2.05) is 43.5 Å². The Balaban J connectivity index is 1.42. The van der Waals surface area contributed by atoms with E-state index in [1.54, 1.807) is 30.0 Å². The van der Waals surface area contributed by atoms with Crippen LogP contribution >= 0.6 is 11.8 Å². The van der Waals surface area contributed by atoms with Crippen LogP contribution in [0.15, 0.2) is 70.0 Å². The molecule has 1 N–H and O–H groups in total. The molecule has 0 saturated carbocycles. The van der Waals surface area contributed by atoms with E-state index in [0.29, 0.717) is 18.9 Å². The summed E-state index contributed by atoms with van der Waals surface area (Å²) in [5, 5.41) is 10.9. The average molecular weight is 420 g/mol. The molecule has 0 aliphatic carbocycles. The molecule has 4 aromatic rings. The van der Waals surface area contributed by atoms with Crippen LogP contribution in [0.3, 0.4) is 0 Å². The lowest BCUT2D eigenvalue weighted by atomic mass is 10.1. The van der Waals surface area contributed by atoms with E-state index in [2.05, 4.69) is 17.1 Å². The van der Waals surface area contributed by atoms with Gasteiger partial charge >= 0.3 is 5.97 Å². The van der Waals surface area contributed by atoms with Gasteiger partial charge < -0.3 is 14.3 Å². The number of benzene rings is 3. The maximum atomic E-state index is 11.1. The van der Waals surface area contributed by atoms with Gasteiger partial charge in [0, 0.05) is 16.9 Å². The second-order valence-electron chi connectivity index (χ2n) is 6.88. The van der Waals surface area contributed by atoms with Gasteiger partial charge in [-0.2, -0.15) is 0 Å². The number of carboxylic acids is 1. The lowest BCUT2D eigenvalue weighted by Gasteiger charge is -2.07. The fourth-order valence-corrected chi connectivity index (χ4v) is 3.64. The van der Waals surface area contributed by atoms with E-state index < -0.39 is 5.97 Å². The maximum Gasteiger partial charge on any atom is 0.335 e. The molecule has 1 heterocycles. The molecule has 30 heavy (non-hydrogen) atoms. The summed E-state index contributed by atoms with van der Waals surface area (Å²) in [5.41, 5.74) is 2.11. The first-order valence-corrected chi connectivity index (χ1v) is 10.8. The highest BCUT2D eigenvalue weighted by Gasteiger charge is 2.12. The van der Waals surface area contributed by atoms with Crippen LogP contribution in [0.5, 0.6) is 5.75 Å². The van der Waals surface area contributed by atoms with Gasteiger partial charge in [0.2, 0.25) is 5.89 Å². The number of carboxylic acid groups (broad SMARTS) is 1. The molecule has 0 bridgehead atoms. The van der Waals surface area contributed by atoms with Crippen LogP contribution < -0.4 is 4.74 Å². The minimum Gasteiger partial charge on any atom is -0.493 e. The third kappa shape index (κ3) is 4.33. The van der Waals surface area contributed by atoms with Crippen molar-refractivity contribution in [2.45, 2.75) is 18.2 Å². The number of hydrogen-bond donors (Lipinski definition) is 1. The topological polar surface area (TPSA) is 72.6 Å². The molecule has 0 aliphatic heterocycles. The van der Waals surface area contributed by atoms with E-state index in [-0.39, 0.29) is 5.56 Å². The second kappa shape index (κ2) is 8.63. The van der Waals surface area contributed by atoms with Gasteiger partial charge in [-0.1, -0.05) is 12.1 Å². The summed E-state index contributed by atoms with van der Waals surface area (Å²) in [4.78, 5) is 16.9. The highest BCUT2D eigenvalue weighted by Crippen LogP contribution is 2.25. The predicted octanol–water partition coefficient (Wildman–Crippen LogP) is 5.84. The average Bonchev–Trinajstić information content (AvgIpc) is 3.13. The van der Waals surface area contributed by atoms with Crippen molar-refractivity contribution >= 4 is 28.5 Å². The zero-order valence-corrected chi connectivity index (χ0v) is 17.5. The fraction of sp³-hybridized carbons (Fsp3) is 0.167. The van der Waals surface area contributed by atoms with Gasteiger partial charge in [-0.3, -0.25) is 0 Å². The first-order valence-electron chi connectivity index (χ1n) is 9.54. The van der Waals surface area contributed by atoms with Crippen LogP contribution in [-0.2, 0) is 6.42 Å². The lowest BCUT2D eigenvalue weighted by molar-refractivity contribution is 0.0697. The second-order valence-corrected chi connectivity index (χ2v) is 7.76. The summed E-state index contributed by atoms with van der Waals surface area (Å²) < 4.78 is 11.7. The molecule has 0 atom stereocenters. The molecule has 0 spiro atoms. The quantitative estimate of drug-likeness (QED) is 0.379. The molecule has 6 heteroatoms. The first kappa shape index (κ1) is 20.0. The van der Waals surface area contributed by atoms with Crippen molar-refractivity contribution in [2.75, 3.05) is 12.9 Å². The smallest absolute Gasteiger partial charge is 0.335 e. The Morgan fingerprint density at radius 2 is 1.80 bits per heavy atom. The van der Waals surface area contributed by atoms with Crippen molar-refractivity contribution in [3.8, 4) is 17.2 Å². The van der Waals surface area contributed by atoms with Crippen LogP contribution in [-0.4, -0.2) is 28.9 Å². The van der Waals surface area contributed by atoms with Crippen LogP contribution in [0.25, 0.3) is 22.2 Å². The van der Waals surface area contributed by atoms with E-state index in [1.165, 1.54) is 4.90 Å². The van der Waals surface area contributed by atoms with Crippen molar-refractivity contribution in [3.63, 3.8) is 0 Å². The number of fused-ring (bicyclic) bond motifs is 1. The number of aromatic carboxylic acids is 1. The minimum atomic E-state index is -0.931. The van der Waals surface area contributed by atoms with Gasteiger partial charge in [-0.05, 0) is 72.5 Å². The van der Waals surface area contributed by atoms with Gasteiger partial charge in [0.25, 0.3) is 0 Å². The number of hydrogen-bond acceptors (Lipinski definition) is 5. The SMILES string of the molecule is CSc1ccc(-c2nc(CCOc3ccc4cc(C(=O)O)ccc4c3)c(C)o2)cc1. The number of rotatable bonds is 7. The van der Waals surface area contributed by atoms with Crippen LogP contribution in [0.1, 0.15) is 21.8 Å². The summed E-state index contributed by atoms with van der Waals surface area (Å²) in [6.07, 6.45) is 2.68. The number of aromatic nitrogens is 1. The Labute approximate surface area is 178 Å². The largest absolute Gasteiger partial charge is 0.493 e. The van der Waals surface area contributed by atoms with Crippen molar-refractivity contribution in [1.29, 1.82) is 0 Å². The number of oxazole rings is 1. The Morgan fingerprint density at radius 3 is 2.53 bits per heavy atom. The summed E-state index contributed by atoms with van der Waals surface area (Å²) in [7, 11) is 0. The van der Waals surface area contributed by atoms with Crippen LogP contribution in [0, 0.1) is 6.92 Å². The zero-order valence-electron chi connectivity index (χ0n) is 16.7. The number of ether oxygens (including phenoxy) is 1. The predicted molar refractivity (Wildman–Crippen MR) is 119 cm³/mol. The molecule has 4 rings (SSSR count). The van der Waals surface area contributed by atoms with E-state index in [0.717, 1.165) is 33.5 Å². The third-order valence-electron chi connectivity index (χ3n) is 4.90. The van der Waals surface area contributed by atoms with Gasteiger partial charge in [0.05, 0.1) is 17.9 Å². The molecule has 0 unspecified atom stereocenters. The van der Waals surface area contributed by atoms with Gasteiger partial charge in [0.1, 0.15) is 11.5 Å². The molecule has 0 amide bonds. The van der Waals surface area contributed by atoms with Crippen molar-refractivity contribution in [2.24, 2.45) is 0 Å². The van der Waals surface area contributed by atoms with E-state index in [9.17, 15) is 4.79 Å². The molecule has 0 fully saturated rings. The Morgan fingerprint density at radius 1 is 1.07 bits per heavy atom. The molecular weight excluding hydrogens is 398 g/mol. The van der Waals surface area contributed by atoms with Gasteiger partial charge in [-0.15, -0.1) is 11.8 Å². The third-order valence-corrected chi connectivity index (χ3v) is 5.64. The van der Waals surface area contributed by atoms with Gasteiger partial charge in [-0.25, -0.2) is 9.78 Å². The summed E-state index contributed by atoms with van der Waals surface area (Å²) in [6.45, 7) is 2.38. The molecule has 0 aliphatic rings. The van der Waals surface area contributed by atoms with Crippen LogP contribution in [0.4, 0.5) is 0 Å². The highest BCUT2D eigenvalue weighted by molar-refractivity contribution is 7.98. The van der Waals surface area contributed by atoms with Crippen LogP contribution in [0.2, 0.25) is 0 Å². The lowest BCUT2D eigenvalue weighted by Crippen LogP contribution is -2.02. The standard InChI is InChI=1S/C24H21NO4S/c1-15-22(25-23(29-15)16-6-9-21(30-2)10-7-16)11-12-28-20-8-5-17-13-19(24(26)27)4-3-18(17)14-20/h3-10,13-14H,11-12H2,1-2H3,(H,26,27). The van der Waals surface area contributed by atoms with Gasteiger partial charge in [0.15, 0.2) is 0 Å². The molecule has 0 saturated heterocycles. The van der Waals surface area contributed by atoms with Crippen molar-refractivity contribution in [1.82, 2.24) is 4.98 Å². The zero-order chi connectivity index (χ0) is 21.1. The van der Waals surface area contributed by atoms with E-state index in [4.69, 9.17) is 14.3 Å². The molecule has 0 radical (unpaired) electrons. The summed E-state index contributed by atoms with van der Waals surface area (Å²) in [6, 6.07) is 18.8. The number of carbonyl (C=O) groups is 1. The first-order chi connectivity index (χ1) is 14.5. The molecule has 5 nitrogen and oxygen atoms in total. The Kier molecular flexibility index (Phi) is 5.77. The molecular formula is C24H21NO4S. The number of thioether (sulfide) groups is 1. The maximum absolute atomic E-state index is 11.1. The normalized spacial score (nSPS) is 11.0. The number of nitrogens with zero attached hydrogens (tertiary/aromatic N) is 1. The van der Waals surface area contributed by atoms with Crippen molar-refractivity contribution < 1.29 is 19.1 Å². The van der Waals surface area contributed by atoms with E-state index >= 15 is 0 Å².